The van der Waals surface area contributed by atoms with Crippen LogP contribution in [0.15, 0.2) is 24.3 Å². The Labute approximate surface area is 127 Å². The average Bonchev–Trinajstić information content (AvgIpc) is 2.99. The molecule has 1 aliphatic carbocycles. The molecule has 112 valence electrons. The topological polar surface area (TPSA) is 46.3 Å². The van der Waals surface area contributed by atoms with E-state index in [0.29, 0.717) is 25.4 Å². The van der Waals surface area contributed by atoms with Crippen LogP contribution in [0, 0.1) is 17.8 Å². The number of carbonyl (C=O) groups excluding carboxylic acids is 1. The molecule has 1 aliphatic rings. The van der Waals surface area contributed by atoms with E-state index in [2.05, 4.69) is 11.8 Å². The highest BCUT2D eigenvalue weighted by molar-refractivity contribution is 5.76. The fraction of sp³-hybridized carbons (Fsp3) is 0.500. The number of hydrogen-bond acceptors (Lipinski definition) is 2. The molecule has 0 aliphatic heterocycles. The molecule has 0 saturated heterocycles. The molecule has 0 aromatic heterocycles. The molecule has 3 nitrogen and oxygen atoms in total. The fourth-order valence-corrected chi connectivity index (χ4v) is 2.89. The molecule has 2 N–H and O–H groups in total. The molecule has 21 heavy (non-hydrogen) atoms. The Morgan fingerprint density at radius 3 is 2.76 bits per heavy atom. The van der Waals surface area contributed by atoms with Crippen molar-refractivity contribution in [1.82, 2.24) is 4.90 Å². The van der Waals surface area contributed by atoms with Crippen molar-refractivity contribution in [2.45, 2.75) is 38.6 Å². The minimum absolute atomic E-state index is 0.239. The molecule has 1 amide bonds. The molecular formula is C18H24N2O. The van der Waals surface area contributed by atoms with Gasteiger partial charge < -0.3 is 10.6 Å². The van der Waals surface area contributed by atoms with Crippen LogP contribution in [0.3, 0.4) is 0 Å². The van der Waals surface area contributed by atoms with Gasteiger partial charge in [0.15, 0.2) is 0 Å². The summed E-state index contributed by atoms with van der Waals surface area (Å²) in [5, 5.41) is 0. The maximum Gasteiger partial charge on any atom is 0.222 e. The van der Waals surface area contributed by atoms with E-state index in [1.165, 1.54) is 25.7 Å². The van der Waals surface area contributed by atoms with Crippen molar-refractivity contribution in [2.75, 3.05) is 13.6 Å². The second-order valence-corrected chi connectivity index (χ2v) is 5.77. The normalized spacial score (nSPS) is 14.6. The fourth-order valence-electron chi connectivity index (χ4n) is 2.89. The maximum absolute atomic E-state index is 12.3. The SMILES string of the molecule is CN(Cc1ccccc1C#CCN)C(=O)CC1CCCC1. The predicted octanol–water partition coefficient (Wildman–Crippen LogP) is 2.54. The first-order valence-corrected chi connectivity index (χ1v) is 7.71. The smallest absolute Gasteiger partial charge is 0.222 e. The van der Waals surface area contributed by atoms with Crippen LogP contribution in [0.1, 0.15) is 43.2 Å². The van der Waals surface area contributed by atoms with Gasteiger partial charge in [0.2, 0.25) is 5.91 Å². The molecule has 1 fully saturated rings. The number of nitrogens with two attached hydrogens (primary N) is 1. The van der Waals surface area contributed by atoms with Crippen LogP contribution in [-0.2, 0) is 11.3 Å². The monoisotopic (exact) mass is 284 g/mol. The number of carbonyl (C=O) groups is 1. The first kappa shape index (κ1) is 15.6. The van der Waals surface area contributed by atoms with Crippen LogP contribution in [0.2, 0.25) is 0 Å². The summed E-state index contributed by atoms with van der Waals surface area (Å²) >= 11 is 0. The van der Waals surface area contributed by atoms with Gasteiger partial charge in [-0.15, -0.1) is 0 Å². The minimum atomic E-state index is 0.239. The largest absolute Gasteiger partial charge is 0.341 e. The van der Waals surface area contributed by atoms with E-state index < -0.39 is 0 Å². The third-order valence-electron chi connectivity index (χ3n) is 4.11. The van der Waals surface area contributed by atoms with Gasteiger partial charge >= 0.3 is 0 Å². The first-order valence-electron chi connectivity index (χ1n) is 7.71. The maximum atomic E-state index is 12.3. The number of nitrogens with zero attached hydrogens (tertiary/aromatic N) is 1. The van der Waals surface area contributed by atoms with E-state index in [1.54, 1.807) is 0 Å². The Hall–Kier alpha value is -1.79. The van der Waals surface area contributed by atoms with Crippen LogP contribution >= 0.6 is 0 Å². The van der Waals surface area contributed by atoms with Gasteiger partial charge in [-0.3, -0.25) is 4.79 Å². The van der Waals surface area contributed by atoms with Crippen LogP contribution < -0.4 is 5.73 Å². The average molecular weight is 284 g/mol. The highest BCUT2D eigenvalue weighted by Gasteiger charge is 2.20. The number of rotatable bonds is 4. The van der Waals surface area contributed by atoms with E-state index in [9.17, 15) is 4.79 Å². The van der Waals surface area contributed by atoms with E-state index in [0.717, 1.165) is 11.1 Å². The molecule has 0 unspecified atom stereocenters. The van der Waals surface area contributed by atoms with Gasteiger partial charge in [-0.25, -0.2) is 0 Å². The molecule has 0 radical (unpaired) electrons. The highest BCUT2D eigenvalue weighted by Crippen LogP contribution is 2.28. The summed E-state index contributed by atoms with van der Waals surface area (Å²) in [7, 11) is 1.88. The van der Waals surface area contributed by atoms with Crippen LogP contribution in [-0.4, -0.2) is 24.4 Å². The third-order valence-corrected chi connectivity index (χ3v) is 4.11. The van der Waals surface area contributed by atoms with Gasteiger partial charge in [0.05, 0.1) is 6.54 Å². The van der Waals surface area contributed by atoms with Crippen LogP contribution in [0.25, 0.3) is 0 Å². The van der Waals surface area contributed by atoms with Crippen molar-refractivity contribution < 1.29 is 4.79 Å². The zero-order valence-corrected chi connectivity index (χ0v) is 12.8. The summed E-state index contributed by atoms with van der Waals surface area (Å²) in [6.07, 6.45) is 5.65. The van der Waals surface area contributed by atoms with Crippen LogP contribution in [0.4, 0.5) is 0 Å². The predicted molar refractivity (Wildman–Crippen MR) is 85.4 cm³/mol. The number of benzene rings is 1. The summed E-state index contributed by atoms with van der Waals surface area (Å²) in [4.78, 5) is 14.1. The number of hydrogen-bond donors (Lipinski definition) is 1. The van der Waals surface area contributed by atoms with Crippen molar-refractivity contribution in [3.63, 3.8) is 0 Å². The lowest BCUT2D eigenvalue weighted by molar-refractivity contribution is -0.131. The molecule has 0 heterocycles. The van der Waals surface area contributed by atoms with Gasteiger partial charge in [-0.2, -0.15) is 0 Å². The summed E-state index contributed by atoms with van der Waals surface area (Å²) < 4.78 is 0. The van der Waals surface area contributed by atoms with E-state index in [1.807, 2.05) is 36.2 Å². The van der Waals surface area contributed by atoms with Gasteiger partial charge in [-0.05, 0) is 30.4 Å². The molecule has 3 heteroatoms. The van der Waals surface area contributed by atoms with Crippen molar-refractivity contribution in [3.8, 4) is 11.8 Å². The lowest BCUT2D eigenvalue weighted by Gasteiger charge is -2.20. The molecule has 1 aromatic rings. The molecule has 1 saturated carbocycles. The Kier molecular flexibility index (Phi) is 5.83. The molecule has 0 atom stereocenters. The lowest BCUT2D eigenvalue weighted by atomic mass is 10.0. The molecule has 0 bridgehead atoms. The zero-order valence-electron chi connectivity index (χ0n) is 12.8. The zero-order chi connectivity index (χ0) is 15.1. The number of amides is 1. The summed E-state index contributed by atoms with van der Waals surface area (Å²) in [5.41, 5.74) is 7.47. The van der Waals surface area contributed by atoms with Gasteiger partial charge in [0.25, 0.3) is 0 Å². The Morgan fingerprint density at radius 1 is 1.33 bits per heavy atom. The quantitative estimate of drug-likeness (QED) is 0.864. The van der Waals surface area contributed by atoms with E-state index in [4.69, 9.17) is 5.73 Å². The van der Waals surface area contributed by atoms with Crippen molar-refractivity contribution in [2.24, 2.45) is 11.7 Å². The summed E-state index contributed by atoms with van der Waals surface area (Å²) in [6.45, 7) is 0.964. The molecule has 0 spiro atoms. The molecule has 1 aromatic carbocycles. The van der Waals surface area contributed by atoms with Crippen molar-refractivity contribution in [1.29, 1.82) is 0 Å². The second-order valence-electron chi connectivity index (χ2n) is 5.77. The molecular weight excluding hydrogens is 260 g/mol. The third kappa shape index (κ3) is 4.61. The van der Waals surface area contributed by atoms with Crippen molar-refractivity contribution >= 4 is 5.91 Å². The Bertz CT molecular complexity index is 536. The van der Waals surface area contributed by atoms with E-state index >= 15 is 0 Å². The first-order chi connectivity index (χ1) is 10.2. The summed E-state index contributed by atoms with van der Waals surface area (Å²) in [5.74, 6) is 6.79. The standard InChI is InChI=1S/C18H24N2O/c1-20(18(21)13-15-7-2-3-8-15)14-17-10-5-4-9-16(17)11-6-12-19/h4-5,9-10,15H,2-3,7-8,12-14,19H2,1H3. The Balaban J connectivity index is 1.98. The minimum Gasteiger partial charge on any atom is -0.341 e. The van der Waals surface area contributed by atoms with Crippen LogP contribution in [0.5, 0.6) is 0 Å². The van der Waals surface area contributed by atoms with Gasteiger partial charge in [0, 0.05) is 25.6 Å². The lowest BCUT2D eigenvalue weighted by Crippen LogP contribution is -2.27. The highest BCUT2D eigenvalue weighted by atomic mass is 16.2. The van der Waals surface area contributed by atoms with Crippen molar-refractivity contribution in [3.05, 3.63) is 35.4 Å². The second kappa shape index (κ2) is 7.85. The Morgan fingerprint density at radius 2 is 2.05 bits per heavy atom. The van der Waals surface area contributed by atoms with Gasteiger partial charge in [-0.1, -0.05) is 42.9 Å². The van der Waals surface area contributed by atoms with E-state index in [-0.39, 0.29) is 5.91 Å². The van der Waals surface area contributed by atoms with Gasteiger partial charge in [0.1, 0.15) is 0 Å². The summed E-state index contributed by atoms with van der Waals surface area (Å²) in [6, 6.07) is 7.95. The molecule has 2 rings (SSSR count).